The van der Waals surface area contributed by atoms with Crippen LogP contribution < -0.4 is 0 Å². The fraction of sp³-hybridized carbons (Fsp3) is 0.700. The molecule has 0 aliphatic carbocycles. The van der Waals surface area contributed by atoms with Crippen molar-refractivity contribution in [3.63, 3.8) is 0 Å². The summed E-state index contributed by atoms with van der Waals surface area (Å²) in [7, 11) is -4.50. The molecule has 0 saturated carbocycles. The summed E-state index contributed by atoms with van der Waals surface area (Å²) >= 11 is 0. The lowest BCUT2D eigenvalue weighted by atomic mass is 10.1. The lowest BCUT2D eigenvalue weighted by molar-refractivity contribution is -0.127. The van der Waals surface area contributed by atoms with Crippen molar-refractivity contribution < 1.29 is 38.6 Å². The van der Waals surface area contributed by atoms with Gasteiger partial charge >= 0.3 is 7.82 Å². The van der Waals surface area contributed by atoms with Gasteiger partial charge in [0.2, 0.25) is 0 Å². The van der Waals surface area contributed by atoms with Gasteiger partial charge in [-0.05, 0) is 53.4 Å². The van der Waals surface area contributed by atoms with Crippen molar-refractivity contribution in [1.29, 1.82) is 0 Å². The molecule has 1 saturated heterocycles. The lowest BCUT2D eigenvalue weighted by Gasteiger charge is -2.18. The zero-order chi connectivity index (χ0) is 22.0. The summed E-state index contributed by atoms with van der Waals surface area (Å²) in [5.41, 5.74) is 3.66. The van der Waals surface area contributed by atoms with Gasteiger partial charge in [-0.1, -0.05) is 34.9 Å². The maximum Gasteiger partial charge on any atom is 0.474 e. The summed E-state index contributed by atoms with van der Waals surface area (Å²) in [6, 6.07) is 0. The van der Waals surface area contributed by atoms with E-state index in [4.69, 9.17) is 18.9 Å². The Morgan fingerprint density at radius 2 is 1.59 bits per heavy atom. The average molecular weight is 434 g/mol. The second-order valence-electron chi connectivity index (χ2n) is 7.54. The SMILES string of the molecule is CC(C)=CCC/C(C)=C/CC/C(C)=C/COP(=O)(O)OC1OC(CO)C(O)C1O. The van der Waals surface area contributed by atoms with Crippen LogP contribution in [0.3, 0.4) is 0 Å². The highest BCUT2D eigenvalue weighted by Gasteiger charge is 2.46. The largest absolute Gasteiger partial charge is 0.474 e. The van der Waals surface area contributed by atoms with E-state index in [0.29, 0.717) is 0 Å². The van der Waals surface area contributed by atoms with Crippen LogP contribution in [-0.2, 0) is 18.3 Å². The van der Waals surface area contributed by atoms with Crippen molar-refractivity contribution in [3.8, 4) is 0 Å². The van der Waals surface area contributed by atoms with Gasteiger partial charge in [-0.3, -0.25) is 9.05 Å². The molecule has 0 aromatic rings. The molecular formula is C20H35O8P. The highest BCUT2D eigenvalue weighted by molar-refractivity contribution is 7.47. The summed E-state index contributed by atoms with van der Waals surface area (Å²) in [4.78, 5) is 9.75. The predicted molar refractivity (Wildman–Crippen MR) is 110 cm³/mol. The van der Waals surface area contributed by atoms with Crippen LogP contribution in [0.1, 0.15) is 53.4 Å². The second kappa shape index (κ2) is 12.8. The third-order valence-electron chi connectivity index (χ3n) is 4.53. The number of phosphoric ester groups is 1. The minimum absolute atomic E-state index is 0.141. The van der Waals surface area contributed by atoms with Gasteiger partial charge in [-0.25, -0.2) is 4.57 Å². The van der Waals surface area contributed by atoms with E-state index < -0.39 is 39.0 Å². The number of hydrogen-bond acceptors (Lipinski definition) is 7. The average Bonchev–Trinajstić information content (AvgIpc) is 2.88. The van der Waals surface area contributed by atoms with E-state index in [0.717, 1.165) is 31.3 Å². The molecule has 168 valence electrons. The Kier molecular flexibility index (Phi) is 11.5. The van der Waals surface area contributed by atoms with Crippen molar-refractivity contribution in [2.75, 3.05) is 13.2 Å². The third kappa shape index (κ3) is 10.2. The lowest BCUT2D eigenvalue weighted by Crippen LogP contribution is -2.34. The minimum Gasteiger partial charge on any atom is -0.394 e. The van der Waals surface area contributed by atoms with Crippen LogP contribution in [0.25, 0.3) is 0 Å². The zero-order valence-corrected chi connectivity index (χ0v) is 18.5. The molecule has 0 aromatic carbocycles. The van der Waals surface area contributed by atoms with Crippen LogP contribution in [0.2, 0.25) is 0 Å². The molecule has 0 spiro atoms. The Morgan fingerprint density at radius 1 is 1.00 bits per heavy atom. The molecule has 5 unspecified atom stereocenters. The Bertz CT molecular complexity index is 638. The highest BCUT2D eigenvalue weighted by Crippen LogP contribution is 2.46. The molecule has 0 radical (unpaired) electrons. The van der Waals surface area contributed by atoms with Gasteiger partial charge in [0.15, 0.2) is 6.29 Å². The van der Waals surface area contributed by atoms with Gasteiger partial charge in [0.1, 0.15) is 18.3 Å². The minimum atomic E-state index is -4.50. The molecule has 0 aromatic heterocycles. The van der Waals surface area contributed by atoms with Crippen LogP contribution >= 0.6 is 7.82 Å². The first-order chi connectivity index (χ1) is 13.6. The molecule has 1 rings (SSSR count). The maximum atomic E-state index is 12.0. The predicted octanol–water partition coefficient (Wildman–Crippen LogP) is 2.98. The van der Waals surface area contributed by atoms with Gasteiger partial charge in [-0.15, -0.1) is 0 Å². The van der Waals surface area contributed by atoms with Crippen LogP contribution in [0.15, 0.2) is 34.9 Å². The van der Waals surface area contributed by atoms with Crippen molar-refractivity contribution in [2.24, 2.45) is 0 Å². The second-order valence-corrected chi connectivity index (χ2v) is 8.94. The summed E-state index contributed by atoms with van der Waals surface area (Å²) < 4.78 is 26.6. The summed E-state index contributed by atoms with van der Waals surface area (Å²) in [5.74, 6) is 0. The van der Waals surface area contributed by atoms with Crippen molar-refractivity contribution >= 4 is 7.82 Å². The molecule has 1 fully saturated rings. The first-order valence-electron chi connectivity index (χ1n) is 9.78. The summed E-state index contributed by atoms with van der Waals surface area (Å²) in [6.07, 6.45) is 4.24. The number of allylic oxidation sites excluding steroid dienone is 5. The van der Waals surface area contributed by atoms with Gasteiger partial charge in [0.05, 0.1) is 13.2 Å². The van der Waals surface area contributed by atoms with E-state index >= 15 is 0 Å². The van der Waals surface area contributed by atoms with E-state index in [-0.39, 0.29) is 6.61 Å². The quantitative estimate of drug-likeness (QED) is 0.273. The number of phosphoric acid groups is 1. The van der Waals surface area contributed by atoms with E-state index in [9.17, 15) is 19.7 Å². The van der Waals surface area contributed by atoms with E-state index in [1.54, 1.807) is 6.08 Å². The molecule has 29 heavy (non-hydrogen) atoms. The Labute approximate surface area is 173 Å². The topological polar surface area (TPSA) is 126 Å². The molecule has 1 heterocycles. The molecular weight excluding hydrogens is 399 g/mol. The normalized spacial score (nSPS) is 27.7. The van der Waals surface area contributed by atoms with Gasteiger partial charge < -0.3 is 24.9 Å². The number of hydrogen-bond donors (Lipinski definition) is 4. The van der Waals surface area contributed by atoms with Crippen LogP contribution in [0.4, 0.5) is 0 Å². The zero-order valence-electron chi connectivity index (χ0n) is 17.7. The van der Waals surface area contributed by atoms with Crippen LogP contribution in [0.5, 0.6) is 0 Å². The van der Waals surface area contributed by atoms with E-state index in [2.05, 4.69) is 32.9 Å². The summed E-state index contributed by atoms with van der Waals surface area (Å²) in [5, 5.41) is 28.4. The standard InChI is InChI=1S/C20H35O8P/c1-14(2)7-5-8-15(3)9-6-10-16(4)11-12-26-29(24,25)28-20-19(23)18(22)17(13-21)27-20/h7,9,11,17-23H,5-6,8,10,12-13H2,1-4H3,(H,24,25)/b15-9+,16-11+. The monoisotopic (exact) mass is 434 g/mol. The molecule has 1 aliphatic rings. The molecule has 0 amide bonds. The van der Waals surface area contributed by atoms with Gasteiger partial charge in [0, 0.05) is 0 Å². The van der Waals surface area contributed by atoms with Gasteiger partial charge in [0.25, 0.3) is 0 Å². The fourth-order valence-corrected chi connectivity index (χ4v) is 3.49. The number of rotatable bonds is 12. The first kappa shape index (κ1) is 26.2. The highest BCUT2D eigenvalue weighted by atomic mass is 31.2. The maximum absolute atomic E-state index is 12.0. The Hall–Kier alpha value is -0.830. The molecule has 0 bridgehead atoms. The fourth-order valence-electron chi connectivity index (χ4n) is 2.73. The van der Waals surface area contributed by atoms with Crippen molar-refractivity contribution in [1.82, 2.24) is 0 Å². The Balaban J connectivity index is 2.37. The van der Waals surface area contributed by atoms with Crippen molar-refractivity contribution in [2.45, 2.75) is 78.0 Å². The van der Waals surface area contributed by atoms with Gasteiger partial charge in [-0.2, -0.15) is 0 Å². The number of ether oxygens (including phenoxy) is 1. The summed E-state index contributed by atoms with van der Waals surface area (Å²) in [6.45, 7) is 7.49. The molecule has 1 aliphatic heterocycles. The van der Waals surface area contributed by atoms with Crippen LogP contribution in [-0.4, -0.2) is 58.0 Å². The van der Waals surface area contributed by atoms with Crippen molar-refractivity contribution in [3.05, 3.63) is 34.9 Å². The van der Waals surface area contributed by atoms with E-state index in [1.165, 1.54) is 11.1 Å². The smallest absolute Gasteiger partial charge is 0.394 e. The third-order valence-corrected chi connectivity index (χ3v) is 5.48. The van der Waals surface area contributed by atoms with E-state index in [1.807, 2.05) is 6.92 Å². The first-order valence-corrected chi connectivity index (χ1v) is 11.3. The number of aliphatic hydroxyl groups is 3. The number of aliphatic hydroxyl groups excluding tert-OH is 3. The molecule has 5 atom stereocenters. The van der Waals surface area contributed by atoms with Crippen LogP contribution in [0, 0.1) is 0 Å². The Morgan fingerprint density at radius 3 is 2.14 bits per heavy atom. The molecule has 9 heteroatoms. The molecule has 8 nitrogen and oxygen atoms in total. The molecule has 4 N–H and O–H groups in total.